The lowest BCUT2D eigenvalue weighted by Crippen LogP contribution is -2.25. The number of carbonyl (C=O) groups is 1. The van der Waals surface area contributed by atoms with Crippen LogP contribution in [0, 0.1) is 24.5 Å². The molecule has 2 saturated carbocycles. The van der Waals surface area contributed by atoms with E-state index in [0.717, 1.165) is 19.4 Å². The first-order valence-electron chi connectivity index (χ1n) is 10.7. The van der Waals surface area contributed by atoms with E-state index >= 15 is 0 Å². The van der Waals surface area contributed by atoms with Crippen LogP contribution in [0.3, 0.4) is 0 Å². The Balaban J connectivity index is 1.53. The summed E-state index contributed by atoms with van der Waals surface area (Å²) in [5.41, 5.74) is 2.28. The van der Waals surface area contributed by atoms with Crippen LogP contribution in [0.4, 0.5) is 14.5 Å². The number of amides is 1. The molecule has 0 aliphatic heterocycles. The molecule has 2 fully saturated rings. The predicted octanol–water partition coefficient (Wildman–Crippen LogP) is 5.82. The van der Waals surface area contributed by atoms with E-state index < -0.39 is 5.82 Å². The maximum atomic E-state index is 14.7. The predicted molar refractivity (Wildman–Crippen MR) is 112 cm³/mol. The van der Waals surface area contributed by atoms with Crippen molar-refractivity contribution < 1.29 is 13.6 Å². The molecule has 154 valence electrons. The van der Waals surface area contributed by atoms with Gasteiger partial charge in [0.25, 0.3) is 5.91 Å². The second-order valence-electron chi connectivity index (χ2n) is 8.46. The second-order valence-corrected chi connectivity index (χ2v) is 8.46. The Morgan fingerprint density at radius 2 is 1.76 bits per heavy atom. The van der Waals surface area contributed by atoms with Crippen LogP contribution in [0.5, 0.6) is 0 Å². The van der Waals surface area contributed by atoms with E-state index in [9.17, 15) is 13.6 Å². The topological polar surface area (TPSA) is 41.1 Å². The number of rotatable bonds is 6. The Morgan fingerprint density at radius 3 is 2.45 bits per heavy atom. The van der Waals surface area contributed by atoms with Gasteiger partial charge in [-0.2, -0.15) is 0 Å². The summed E-state index contributed by atoms with van der Waals surface area (Å²) >= 11 is 0. The molecule has 4 rings (SSSR count). The third-order valence-corrected chi connectivity index (χ3v) is 6.11. The normalized spacial score (nSPS) is 17.2. The SMILES string of the molecule is Cc1c(F)cc(C(=O)NC2CC2)cc1-c1ccc(NCC2CCCCC2)c(F)c1. The Morgan fingerprint density at radius 1 is 1.00 bits per heavy atom. The molecular weight excluding hydrogens is 370 g/mol. The zero-order valence-corrected chi connectivity index (χ0v) is 16.9. The van der Waals surface area contributed by atoms with E-state index in [1.807, 2.05) is 0 Å². The van der Waals surface area contributed by atoms with E-state index in [2.05, 4.69) is 10.6 Å². The lowest BCUT2D eigenvalue weighted by molar-refractivity contribution is 0.0950. The van der Waals surface area contributed by atoms with Gasteiger partial charge >= 0.3 is 0 Å². The highest BCUT2D eigenvalue weighted by molar-refractivity contribution is 5.96. The monoisotopic (exact) mass is 398 g/mol. The number of carbonyl (C=O) groups excluding carboxylic acids is 1. The third kappa shape index (κ3) is 4.77. The molecule has 0 radical (unpaired) electrons. The fraction of sp³-hybridized carbons (Fsp3) is 0.458. The van der Waals surface area contributed by atoms with Crippen molar-refractivity contribution in [2.45, 2.75) is 57.9 Å². The molecule has 2 aliphatic rings. The third-order valence-electron chi connectivity index (χ3n) is 6.11. The average Bonchev–Trinajstić information content (AvgIpc) is 3.53. The zero-order chi connectivity index (χ0) is 20.4. The molecule has 0 saturated heterocycles. The van der Waals surface area contributed by atoms with Gasteiger partial charge < -0.3 is 10.6 Å². The first-order chi connectivity index (χ1) is 14.0. The van der Waals surface area contributed by atoms with Gasteiger partial charge in [-0.15, -0.1) is 0 Å². The van der Waals surface area contributed by atoms with E-state index in [1.54, 1.807) is 25.1 Å². The first-order valence-corrected chi connectivity index (χ1v) is 10.7. The summed E-state index contributed by atoms with van der Waals surface area (Å²) in [7, 11) is 0. The van der Waals surface area contributed by atoms with Crippen molar-refractivity contribution in [1.82, 2.24) is 5.32 Å². The van der Waals surface area contributed by atoms with Crippen molar-refractivity contribution in [3.05, 3.63) is 53.1 Å². The Bertz CT molecular complexity index is 902. The summed E-state index contributed by atoms with van der Waals surface area (Å²) in [4.78, 5) is 12.3. The summed E-state index contributed by atoms with van der Waals surface area (Å²) in [6.07, 6.45) is 8.13. The molecule has 5 heteroatoms. The Labute approximate surface area is 170 Å². The Kier molecular flexibility index (Phi) is 5.84. The van der Waals surface area contributed by atoms with Crippen molar-refractivity contribution in [3.8, 4) is 11.1 Å². The summed E-state index contributed by atoms with van der Waals surface area (Å²) in [5, 5.41) is 6.11. The number of hydrogen-bond acceptors (Lipinski definition) is 2. The largest absolute Gasteiger partial charge is 0.382 e. The molecule has 0 bridgehead atoms. The second kappa shape index (κ2) is 8.52. The van der Waals surface area contributed by atoms with Crippen molar-refractivity contribution in [2.75, 3.05) is 11.9 Å². The molecule has 0 atom stereocenters. The molecule has 2 aliphatic carbocycles. The van der Waals surface area contributed by atoms with Crippen molar-refractivity contribution in [1.29, 1.82) is 0 Å². The van der Waals surface area contributed by atoms with Gasteiger partial charge in [0.15, 0.2) is 0 Å². The summed E-state index contributed by atoms with van der Waals surface area (Å²) in [6, 6.07) is 8.03. The molecule has 2 aromatic carbocycles. The van der Waals surface area contributed by atoms with Crippen LogP contribution in [0.2, 0.25) is 0 Å². The molecule has 3 nitrogen and oxygen atoms in total. The highest BCUT2D eigenvalue weighted by Gasteiger charge is 2.24. The van der Waals surface area contributed by atoms with Crippen LogP contribution >= 0.6 is 0 Å². The van der Waals surface area contributed by atoms with Crippen molar-refractivity contribution in [3.63, 3.8) is 0 Å². The van der Waals surface area contributed by atoms with Crippen molar-refractivity contribution >= 4 is 11.6 Å². The molecule has 0 unspecified atom stereocenters. The van der Waals surface area contributed by atoms with Gasteiger partial charge in [0.05, 0.1) is 5.69 Å². The first kappa shape index (κ1) is 19.9. The van der Waals surface area contributed by atoms with Gasteiger partial charge in [-0.25, -0.2) is 8.78 Å². The van der Waals surface area contributed by atoms with Gasteiger partial charge in [0.2, 0.25) is 0 Å². The molecule has 1 amide bonds. The van der Waals surface area contributed by atoms with Crippen LogP contribution in [0.1, 0.15) is 60.9 Å². The van der Waals surface area contributed by atoms with E-state index in [1.165, 1.54) is 44.2 Å². The van der Waals surface area contributed by atoms with E-state index in [0.29, 0.717) is 28.3 Å². The van der Waals surface area contributed by atoms with E-state index in [-0.39, 0.29) is 23.3 Å². The lowest BCUT2D eigenvalue weighted by atomic mass is 9.89. The molecule has 0 heterocycles. The van der Waals surface area contributed by atoms with E-state index in [4.69, 9.17) is 0 Å². The maximum absolute atomic E-state index is 14.7. The standard InChI is InChI=1S/C24H28F2N2O/c1-15-20(11-18(13-21(15)25)24(29)28-19-8-9-19)17-7-10-23(22(26)12-17)27-14-16-5-3-2-4-6-16/h7,10-13,16,19,27H,2-6,8-9,14H2,1H3,(H,28,29). The van der Waals surface area contributed by atoms with Crippen LogP contribution in [0.25, 0.3) is 11.1 Å². The van der Waals surface area contributed by atoms with Crippen LogP contribution in [0.15, 0.2) is 30.3 Å². The minimum absolute atomic E-state index is 0.197. The number of hydrogen-bond donors (Lipinski definition) is 2. The summed E-state index contributed by atoms with van der Waals surface area (Å²) in [5.74, 6) is -0.492. The highest BCUT2D eigenvalue weighted by Crippen LogP contribution is 2.31. The molecule has 0 aromatic heterocycles. The average molecular weight is 398 g/mol. The number of anilines is 1. The smallest absolute Gasteiger partial charge is 0.251 e. The number of benzene rings is 2. The minimum atomic E-state index is -0.455. The van der Waals surface area contributed by atoms with Crippen LogP contribution in [-0.2, 0) is 0 Å². The van der Waals surface area contributed by atoms with Gasteiger partial charge in [0.1, 0.15) is 11.6 Å². The minimum Gasteiger partial charge on any atom is -0.382 e. The fourth-order valence-corrected chi connectivity index (χ4v) is 4.08. The molecule has 2 aromatic rings. The lowest BCUT2D eigenvalue weighted by Gasteiger charge is -2.22. The van der Waals surface area contributed by atoms with Crippen LogP contribution < -0.4 is 10.6 Å². The Hall–Kier alpha value is -2.43. The van der Waals surface area contributed by atoms with Gasteiger partial charge in [-0.3, -0.25) is 4.79 Å². The van der Waals surface area contributed by atoms with Crippen molar-refractivity contribution in [2.24, 2.45) is 5.92 Å². The quantitative estimate of drug-likeness (QED) is 0.643. The van der Waals surface area contributed by atoms with Gasteiger partial charge in [-0.05, 0) is 79.5 Å². The number of halogens is 2. The van der Waals surface area contributed by atoms with Crippen LogP contribution in [-0.4, -0.2) is 18.5 Å². The summed E-state index contributed by atoms with van der Waals surface area (Å²) in [6.45, 7) is 2.43. The summed E-state index contributed by atoms with van der Waals surface area (Å²) < 4.78 is 29.2. The molecular formula is C24H28F2N2O. The highest BCUT2D eigenvalue weighted by atomic mass is 19.1. The zero-order valence-electron chi connectivity index (χ0n) is 16.9. The molecule has 0 spiro atoms. The van der Waals surface area contributed by atoms with Gasteiger partial charge in [-0.1, -0.05) is 25.3 Å². The molecule has 2 N–H and O–H groups in total. The fourth-order valence-electron chi connectivity index (χ4n) is 4.08. The molecule has 29 heavy (non-hydrogen) atoms. The van der Waals surface area contributed by atoms with Gasteiger partial charge in [0, 0.05) is 18.2 Å². The number of nitrogens with one attached hydrogen (secondary N) is 2. The maximum Gasteiger partial charge on any atom is 0.251 e.